The van der Waals surface area contributed by atoms with Gasteiger partial charge in [0.25, 0.3) is 0 Å². The Morgan fingerprint density at radius 1 is 1.00 bits per heavy atom. The van der Waals surface area contributed by atoms with Crippen molar-refractivity contribution in [1.29, 1.82) is 0 Å². The van der Waals surface area contributed by atoms with Crippen molar-refractivity contribution in [3.05, 3.63) is 35.4 Å². The summed E-state index contributed by atoms with van der Waals surface area (Å²) in [4.78, 5) is 0. The van der Waals surface area contributed by atoms with E-state index in [9.17, 15) is 0 Å². The van der Waals surface area contributed by atoms with Crippen molar-refractivity contribution in [3.63, 3.8) is 0 Å². The van der Waals surface area contributed by atoms with Gasteiger partial charge in [0, 0.05) is 24.8 Å². The first-order chi connectivity index (χ1) is 8.70. The van der Waals surface area contributed by atoms with Crippen molar-refractivity contribution in [2.75, 3.05) is 0 Å². The molecule has 0 radical (unpaired) electrons. The maximum Gasteiger partial charge on any atom is 0.109 e. The van der Waals surface area contributed by atoms with E-state index in [-0.39, 0.29) is 12.4 Å². The Labute approximate surface area is 123 Å². The van der Waals surface area contributed by atoms with Gasteiger partial charge in [0.15, 0.2) is 0 Å². The molecule has 1 aromatic carbocycles. The summed E-state index contributed by atoms with van der Waals surface area (Å²) < 4.78 is 0. The van der Waals surface area contributed by atoms with E-state index in [1.165, 1.54) is 38.5 Å². The van der Waals surface area contributed by atoms with E-state index in [0.717, 1.165) is 5.92 Å². The number of rotatable bonds is 0. The monoisotopic (exact) mass is 279 g/mol. The molecule has 0 bridgehead atoms. The van der Waals surface area contributed by atoms with Crippen LogP contribution in [-0.4, -0.2) is 5.54 Å². The maximum absolute atomic E-state index is 2.70. The molecule has 2 unspecified atom stereocenters. The molecule has 19 heavy (non-hydrogen) atoms. The van der Waals surface area contributed by atoms with Crippen molar-refractivity contribution in [3.8, 4) is 0 Å². The number of hydrogen-bond acceptors (Lipinski definition) is 0. The minimum atomic E-state index is 0. The first-order valence-corrected chi connectivity index (χ1v) is 7.65. The zero-order valence-corrected chi connectivity index (χ0v) is 12.9. The summed E-state index contributed by atoms with van der Waals surface area (Å²) in [5, 5.41) is 2.70. The molecule has 1 aliphatic heterocycles. The Kier molecular flexibility index (Phi) is 4.58. The highest BCUT2D eigenvalue weighted by molar-refractivity contribution is 5.32. The Morgan fingerprint density at radius 3 is 2.32 bits per heavy atom. The van der Waals surface area contributed by atoms with E-state index < -0.39 is 0 Å². The van der Waals surface area contributed by atoms with Crippen LogP contribution in [0.25, 0.3) is 0 Å². The summed E-state index contributed by atoms with van der Waals surface area (Å²) in [6, 6.07) is 9.74. The van der Waals surface area contributed by atoms with Crippen LogP contribution in [0, 0.1) is 0 Å². The zero-order valence-electron chi connectivity index (χ0n) is 12.2. The molecule has 0 amide bonds. The number of nitrogens with two attached hydrogens (primary N) is 1. The third kappa shape index (κ3) is 2.83. The van der Waals surface area contributed by atoms with Crippen molar-refractivity contribution in [1.82, 2.24) is 0 Å². The van der Waals surface area contributed by atoms with Gasteiger partial charge >= 0.3 is 0 Å². The van der Waals surface area contributed by atoms with Crippen LogP contribution in [0.2, 0.25) is 0 Å². The van der Waals surface area contributed by atoms with Crippen LogP contribution in [0.5, 0.6) is 0 Å². The minimum Gasteiger partial charge on any atom is -1.00 e. The molecule has 2 atom stereocenters. The predicted molar refractivity (Wildman–Crippen MR) is 75.6 cm³/mol. The van der Waals surface area contributed by atoms with E-state index in [1.807, 2.05) is 0 Å². The second kappa shape index (κ2) is 5.85. The molecule has 2 heteroatoms. The topological polar surface area (TPSA) is 16.6 Å². The SMILES string of the molecule is CC1CC2(CCCCC2)[NH2+]C(C)c2ccccc21.[Cl-]. The molecule has 0 aromatic heterocycles. The van der Waals surface area contributed by atoms with Crippen molar-refractivity contribution >= 4 is 0 Å². The summed E-state index contributed by atoms with van der Waals surface area (Å²) >= 11 is 0. The van der Waals surface area contributed by atoms with E-state index in [2.05, 4.69) is 43.4 Å². The Bertz CT molecular complexity index is 390. The van der Waals surface area contributed by atoms with Gasteiger partial charge < -0.3 is 17.7 Å². The molecule has 1 aromatic rings. The number of fused-ring (bicyclic) bond motifs is 1. The lowest BCUT2D eigenvalue weighted by molar-refractivity contribution is -0.763. The second-order valence-corrected chi connectivity index (χ2v) is 6.61. The van der Waals surface area contributed by atoms with E-state index in [4.69, 9.17) is 0 Å². The highest BCUT2D eigenvalue weighted by Crippen LogP contribution is 2.38. The third-order valence-corrected chi connectivity index (χ3v) is 5.18. The van der Waals surface area contributed by atoms with Crippen molar-refractivity contribution in [2.45, 2.75) is 69.9 Å². The fourth-order valence-corrected chi connectivity index (χ4v) is 4.41. The van der Waals surface area contributed by atoms with Crippen LogP contribution in [0.3, 0.4) is 0 Å². The number of benzene rings is 1. The molecule has 1 heterocycles. The van der Waals surface area contributed by atoms with Crippen LogP contribution < -0.4 is 17.7 Å². The van der Waals surface area contributed by atoms with Crippen LogP contribution in [0.4, 0.5) is 0 Å². The fraction of sp³-hybridized carbons (Fsp3) is 0.647. The smallest absolute Gasteiger partial charge is 0.109 e. The third-order valence-electron chi connectivity index (χ3n) is 5.18. The van der Waals surface area contributed by atoms with Gasteiger partial charge in [-0.2, -0.15) is 0 Å². The van der Waals surface area contributed by atoms with Gasteiger partial charge in [-0.15, -0.1) is 0 Å². The second-order valence-electron chi connectivity index (χ2n) is 6.61. The predicted octanol–water partition coefficient (Wildman–Crippen LogP) is 0.525. The highest BCUT2D eigenvalue weighted by Gasteiger charge is 2.41. The summed E-state index contributed by atoms with van der Waals surface area (Å²) in [5.41, 5.74) is 3.71. The quantitative estimate of drug-likeness (QED) is 0.713. The van der Waals surface area contributed by atoms with Crippen LogP contribution in [-0.2, 0) is 0 Å². The minimum absolute atomic E-state index is 0. The zero-order chi connectivity index (χ0) is 12.6. The number of hydrogen-bond donors (Lipinski definition) is 1. The first-order valence-electron chi connectivity index (χ1n) is 7.65. The Morgan fingerprint density at radius 2 is 1.63 bits per heavy atom. The normalized spacial score (nSPS) is 29.2. The van der Waals surface area contributed by atoms with Gasteiger partial charge in [-0.1, -0.05) is 37.6 Å². The standard InChI is InChI=1S/C17H25N.ClH/c1-13-12-17(10-6-3-7-11-17)18-14(2)16-9-5-4-8-15(13)16;/h4-5,8-9,13-14,18H,3,6-7,10-12H2,1-2H3;1H. The van der Waals surface area contributed by atoms with E-state index in [0.29, 0.717) is 11.6 Å². The van der Waals surface area contributed by atoms with Crippen LogP contribution in [0.1, 0.15) is 75.5 Å². The van der Waals surface area contributed by atoms with E-state index >= 15 is 0 Å². The first kappa shape index (κ1) is 14.9. The highest BCUT2D eigenvalue weighted by atomic mass is 35.5. The summed E-state index contributed by atoms with van der Waals surface area (Å²) in [6.45, 7) is 4.83. The van der Waals surface area contributed by atoms with Gasteiger partial charge in [-0.05, 0) is 31.2 Å². The number of quaternary nitrogens is 1. The molecule has 3 rings (SSSR count). The molecule has 2 aliphatic rings. The summed E-state index contributed by atoms with van der Waals surface area (Å²) in [7, 11) is 0. The van der Waals surface area contributed by atoms with Gasteiger partial charge in [0.1, 0.15) is 6.04 Å². The largest absolute Gasteiger partial charge is 1.00 e. The molecule has 0 saturated heterocycles. The fourth-order valence-electron chi connectivity index (χ4n) is 4.41. The van der Waals surface area contributed by atoms with Crippen LogP contribution >= 0.6 is 0 Å². The van der Waals surface area contributed by atoms with Crippen molar-refractivity contribution in [2.24, 2.45) is 0 Å². The lowest BCUT2D eigenvalue weighted by Crippen LogP contribution is -3.00. The molecule has 2 N–H and O–H groups in total. The van der Waals surface area contributed by atoms with Crippen LogP contribution in [0.15, 0.2) is 24.3 Å². The Balaban J connectivity index is 0.00000133. The van der Waals surface area contributed by atoms with Gasteiger partial charge in [-0.3, -0.25) is 0 Å². The lowest BCUT2D eigenvalue weighted by Gasteiger charge is -2.36. The molecular formula is C17H26ClN. The molecule has 106 valence electrons. The summed E-state index contributed by atoms with van der Waals surface area (Å²) in [5.74, 6) is 0.723. The maximum atomic E-state index is 2.70. The lowest BCUT2D eigenvalue weighted by atomic mass is 9.75. The average Bonchev–Trinajstić information content (AvgIpc) is 2.48. The molecule has 1 nitrogen and oxygen atoms in total. The molecular weight excluding hydrogens is 254 g/mol. The molecule has 1 saturated carbocycles. The van der Waals surface area contributed by atoms with Gasteiger partial charge in [-0.25, -0.2) is 0 Å². The molecule has 1 aliphatic carbocycles. The molecule has 1 fully saturated rings. The summed E-state index contributed by atoms with van der Waals surface area (Å²) in [6.07, 6.45) is 8.55. The molecule has 1 spiro atoms. The Hall–Kier alpha value is -0.530. The number of halogens is 1. The van der Waals surface area contributed by atoms with Crippen molar-refractivity contribution < 1.29 is 17.7 Å². The van der Waals surface area contributed by atoms with E-state index in [1.54, 1.807) is 11.1 Å². The van der Waals surface area contributed by atoms with Gasteiger partial charge in [0.2, 0.25) is 0 Å². The average molecular weight is 280 g/mol. The van der Waals surface area contributed by atoms with Gasteiger partial charge in [0.05, 0.1) is 5.54 Å².